The van der Waals surface area contributed by atoms with Gasteiger partial charge in [-0.15, -0.1) is 0 Å². The predicted molar refractivity (Wildman–Crippen MR) is 114 cm³/mol. The molecule has 0 fully saturated rings. The summed E-state index contributed by atoms with van der Waals surface area (Å²) in [5.74, 6) is 0.809. The van der Waals surface area contributed by atoms with Gasteiger partial charge in [0, 0.05) is 23.2 Å². The van der Waals surface area contributed by atoms with Crippen molar-refractivity contribution in [3.05, 3.63) is 101 Å². The quantitative estimate of drug-likeness (QED) is 0.495. The average molecular weight is 394 g/mol. The van der Waals surface area contributed by atoms with Crippen molar-refractivity contribution in [3.8, 4) is 5.75 Å². The molecule has 3 rings (SSSR count). The first-order chi connectivity index (χ1) is 13.5. The molecule has 28 heavy (non-hydrogen) atoms. The van der Waals surface area contributed by atoms with Gasteiger partial charge in [0.25, 0.3) is 5.91 Å². The Kier molecular flexibility index (Phi) is 6.72. The van der Waals surface area contributed by atoms with E-state index >= 15 is 0 Å². The summed E-state index contributed by atoms with van der Waals surface area (Å²) < 4.78 is 5.83. The fraction of sp³-hybridized carbons (Fsp3) is 0.208. The molecular weight excluding hydrogens is 370 g/mol. The molecule has 0 aliphatic heterocycles. The minimum Gasteiger partial charge on any atom is -0.489 e. The number of carbonyl (C=O) groups is 1. The fourth-order valence-corrected chi connectivity index (χ4v) is 3.00. The molecule has 0 spiro atoms. The second-order valence-electron chi connectivity index (χ2n) is 6.95. The summed E-state index contributed by atoms with van der Waals surface area (Å²) >= 11 is 5.93. The summed E-state index contributed by atoms with van der Waals surface area (Å²) in [6.07, 6.45) is 0. The Morgan fingerprint density at radius 2 is 1.54 bits per heavy atom. The molecule has 3 nitrogen and oxygen atoms in total. The van der Waals surface area contributed by atoms with E-state index in [4.69, 9.17) is 16.3 Å². The lowest BCUT2D eigenvalue weighted by atomic mass is 10.1. The van der Waals surface area contributed by atoms with Crippen LogP contribution in [-0.4, -0.2) is 16.8 Å². The van der Waals surface area contributed by atoms with Crippen LogP contribution in [0, 0.1) is 0 Å². The number of benzene rings is 3. The van der Waals surface area contributed by atoms with Crippen LogP contribution < -0.4 is 4.74 Å². The molecule has 0 aliphatic rings. The molecule has 0 aromatic heterocycles. The molecular formula is C24H24ClNO2. The second-order valence-corrected chi connectivity index (χ2v) is 7.39. The number of hydrogen-bond donors (Lipinski definition) is 0. The lowest BCUT2D eigenvalue weighted by Gasteiger charge is -2.27. The summed E-state index contributed by atoms with van der Waals surface area (Å²) in [5, 5.41) is 0.624. The van der Waals surface area contributed by atoms with E-state index in [0.29, 0.717) is 23.7 Å². The predicted octanol–water partition coefficient (Wildman–Crippen LogP) is 5.97. The molecule has 0 aliphatic carbocycles. The van der Waals surface area contributed by atoms with E-state index in [1.165, 1.54) is 0 Å². The molecule has 0 bridgehead atoms. The largest absolute Gasteiger partial charge is 0.489 e. The van der Waals surface area contributed by atoms with Crippen LogP contribution in [0.5, 0.6) is 5.75 Å². The average Bonchev–Trinajstić information content (AvgIpc) is 2.72. The van der Waals surface area contributed by atoms with Crippen LogP contribution in [0.3, 0.4) is 0 Å². The molecule has 4 heteroatoms. The first-order valence-electron chi connectivity index (χ1n) is 9.35. The molecule has 0 heterocycles. The second kappa shape index (κ2) is 9.43. The number of rotatable bonds is 7. The highest BCUT2D eigenvalue weighted by molar-refractivity contribution is 6.30. The first kappa shape index (κ1) is 20.0. The normalized spacial score (nSPS) is 10.7. The van der Waals surface area contributed by atoms with Gasteiger partial charge in [-0.25, -0.2) is 0 Å². The topological polar surface area (TPSA) is 29.5 Å². The maximum Gasteiger partial charge on any atom is 0.254 e. The van der Waals surface area contributed by atoms with Crippen molar-refractivity contribution in [2.24, 2.45) is 0 Å². The van der Waals surface area contributed by atoms with Crippen LogP contribution in [0.4, 0.5) is 0 Å². The van der Waals surface area contributed by atoms with Gasteiger partial charge in [0.1, 0.15) is 12.4 Å². The van der Waals surface area contributed by atoms with Gasteiger partial charge in [-0.2, -0.15) is 0 Å². The van der Waals surface area contributed by atoms with Gasteiger partial charge < -0.3 is 9.64 Å². The summed E-state index contributed by atoms with van der Waals surface area (Å²) in [5.41, 5.74) is 2.83. The van der Waals surface area contributed by atoms with Gasteiger partial charge in [0.15, 0.2) is 0 Å². The molecule has 1 amide bonds. The minimum atomic E-state index is -0.00364. The van der Waals surface area contributed by atoms with Crippen molar-refractivity contribution < 1.29 is 9.53 Å². The zero-order valence-electron chi connectivity index (χ0n) is 16.1. The van der Waals surface area contributed by atoms with Crippen molar-refractivity contribution >= 4 is 17.5 Å². The molecule has 3 aromatic carbocycles. The molecule has 0 saturated heterocycles. The minimum absolute atomic E-state index is 0.00364. The Bertz CT molecular complexity index is 890. The Morgan fingerprint density at radius 3 is 2.14 bits per heavy atom. The summed E-state index contributed by atoms with van der Waals surface area (Å²) in [6, 6.07) is 25.1. The van der Waals surface area contributed by atoms with Crippen LogP contribution in [0.25, 0.3) is 0 Å². The molecule has 0 radical (unpaired) electrons. The number of carbonyl (C=O) groups excluding carboxylic acids is 1. The van der Waals surface area contributed by atoms with Crippen molar-refractivity contribution in [3.63, 3.8) is 0 Å². The summed E-state index contributed by atoms with van der Waals surface area (Å²) in [4.78, 5) is 14.7. The highest BCUT2D eigenvalue weighted by Crippen LogP contribution is 2.19. The Balaban J connectivity index is 1.64. The van der Waals surface area contributed by atoms with Crippen LogP contribution in [0.1, 0.15) is 35.3 Å². The van der Waals surface area contributed by atoms with Crippen molar-refractivity contribution in [2.45, 2.75) is 33.0 Å². The molecule has 3 aromatic rings. The van der Waals surface area contributed by atoms with Crippen LogP contribution in [0.15, 0.2) is 78.9 Å². The van der Waals surface area contributed by atoms with Gasteiger partial charge in [0.2, 0.25) is 0 Å². The third kappa shape index (κ3) is 5.37. The molecule has 0 unspecified atom stereocenters. The number of nitrogens with zero attached hydrogens (tertiary/aromatic N) is 1. The summed E-state index contributed by atoms with van der Waals surface area (Å²) in [7, 11) is 0. The van der Waals surface area contributed by atoms with E-state index in [9.17, 15) is 4.79 Å². The Labute approximate surface area is 171 Å². The van der Waals surface area contributed by atoms with Crippen LogP contribution in [0.2, 0.25) is 5.02 Å². The van der Waals surface area contributed by atoms with Gasteiger partial charge in [-0.1, -0.05) is 54.1 Å². The number of ether oxygens (including phenoxy) is 1. The lowest BCUT2D eigenvalue weighted by molar-refractivity contribution is 0.0690. The van der Waals surface area contributed by atoms with E-state index in [2.05, 4.69) is 0 Å². The van der Waals surface area contributed by atoms with Crippen molar-refractivity contribution in [1.29, 1.82) is 0 Å². The zero-order chi connectivity index (χ0) is 19.9. The standard InChI is InChI=1S/C24H24ClNO2/c1-18(2)26(24(27)21-10-12-22(25)13-11-21)16-19-8-14-23(15-9-19)28-17-20-6-4-3-5-7-20/h3-15,18H,16-17H2,1-2H3. The number of halogens is 1. The van der Waals surface area contributed by atoms with Crippen molar-refractivity contribution in [2.75, 3.05) is 0 Å². The zero-order valence-corrected chi connectivity index (χ0v) is 16.9. The van der Waals surface area contributed by atoms with Crippen molar-refractivity contribution in [1.82, 2.24) is 4.90 Å². The van der Waals surface area contributed by atoms with Crippen LogP contribution in [-0.2, 0) is 13.2 Å². The fourth-order valence-electron chi connectivity index (χ4n) is 2.88. The van der Waals surface area contributed by atoms with E-state index in [0.717, 1.165) is 16.9 Å². The Morgan fingerprint density at radius 1 is 0.893 bits per heavy atom. The number of hydrogen-bond acceptors (Lipinski definition) is 2. The highest BCUT2D eigenvalue weighted by Gasteiger charge is 2.19. The van der Waals surface area contributed by atoms with E-state index in [1.54, 1.807) is 24.3 Å². The molecule has 144 valence electrons. The Hall–Kier alpha value is -2.78. The molecule has 0 atom stereocenters. The monoisotopic (exact) mass is 393 g/mol. The lowest BCUT2D eigenvalue weighted by Crippen LogP contribution is -2.36. The number of amides is 1. The van der Waals surface area contributed by atoms with Gasteiger partial charge >= 0.3 is 0 Å². The van der Waals surface area contributed by atoms with Crippen LogP contribution >= 0.6 is 11.6 Å². The molecule has 0 saturated carbocycles. The third-order valence-corrected chi connectivity index (χ3v) is 4.75. The van der Waals surface area contributed by atoms with E-state index in [1.807, 2.05) is 73.3 Å². The first-order valence-corrected chi connectivity index (χ1v) is 9.73. The summed E-state index contributed by atoms with van der Waals surface area (Å²) in [6.45, 7) is 5.11. The van der Waals surface area contributed by atoms with Gasteiger partial charge in [-0.05, 0) is 61.4 Å². The van der Waals surface area contributed by atoms with Gasteiger partial charge in [0.05, 0.1) is 0 Å². The molecule has 0 N–H and O–H groups in total. The van der Waals surface area contributed by atoms with Gasteiger partial charge in [-0.3, -0.25) is 4.79 Å². The highest BCUT2D eigenvalue weighted by atomic mass is 35.5. The maximum atomic E-state index is 12.9. The van der Waals surface area contributed by atoms with E-state index < -0.39 is 0 Å². The third-order valence-electron chi connectivity index (χ3n) is 4.50. The maximum absolute atomic E-state index is 12.9. The smallest absolute Gasteiger partial charge is 0.254 e. The van der Waals surface area contributed by atoms with E-state index in [-0.39, 0.29) is 11.9 Å². The SMILES string of the molecule is CC(C)N(Cc1ccc(OCc2ccccc2)cc1)C(=O)c1ccc(Cl)cc1.